The van der Waals surface area contributed by atoms with Crippen molar-refractivity contribution in [1.82, 2.24) is 15.1 Å². The first kappa shape index (κ1) is 21.1. The molecule has 0 bridgehead atoms. The van der Waals surface area contributed by atoms with E-state index in [1.807, 2.05) is 6.92 Å². The van der Waals surface area contributed by atoms with Gasteiger partial charge in [-0.1, -0.05) is 12.1 Å². The normalized spacial score (nSPS) is 24.4. The van der Waals surface area contributed by atoms with Gasteiger partial charge in [-0.2, -0.15) is 13.2 Å². The second-order valence-electron chi connectivity index (χ2n) is 7.83. The number of halogens is 3. The summed E-state index contributed by atoms with van der Waals surface area (Å²) in [4.78, 5) is 39.7. The number of piperidine rings is 1. The minimum atomic E-state index is -4.41. The maximum atomic E-state index is 12.8. The SMILES string of the molecule is CC(=O)NCC(=O)N1CC[C@@]2(C)[C@@H]1CCC(=O)N2Cc1ccc(C(F)(F)F)cc1. The molecule has 0 aromatic heterocycles. The van der Waals surface area contributed by atoms with Crippen LogP contribution >= 0.6 is 0 Å². The maximum Gasteiger partial charge on any atom is 0.416 e. The van der Waals surface area contributed by atoms with Crippen molar-refractivity contribution in [1.29, 1.82) is 0 Å². The molecule has 6 nitrogen and oxygen atoms in total. The molecule has 0 spiro atoms. The van der Waals surface area contributed by atoms with Gasteiger partial charge in [0.05, 0.1) is 23.7 Å². The van der Waals surface area contributed by atoms with Crippen LogP contribution in [0.1, 0.15) is 44.2 Å². The number of hydrogen-bond donors (Lipinski definition) is 1. The van der Waals surface area contributed by atoms with Crippen LogP contribution in [-0.4, -0.2) is 52.2 Å². The molecule has 3 amide bonds. The summed E-state index contributed by atoms with van der Waals surface area (Å²) in [6.07, 6.45) is -3.03. The van der Waals surface area contributed by atoms with E-state index in [0.717, 1.165) is 12.1 Å². The van der Waals surface area contributed by atoms with Gasteiger partial charge in [0.25, 0.3) is 0 Å². The Morgan fingerprint density at radius 1 is 1.24 bits per heavy atom. The number of likely N-dealkylation sites (tertiary alicyclic amines) is 2. The van der Waals surface area contributed by atoms with E-state index in [1.165, 1.54) is 19.1 Å². The van der Waals surface area contributed by atoms with Crippen molar-refractivity contribution in [2.45, 2.75) is 57.4 Å². The highest BCUT2D eigenvalue weighted by molar-refractivity contribution is 5.85. The van der Waals surface area contributed by atoms with E-state index in [0.29, 0.717) is 24.9 Å². The fourth-order valence-electron chi connectivity index (χ4n) is 4.32. The van der Waals surface area contributed by atoms with E-state index >= 15 is 0 Å². The van der Waals surface area contributed by atoms with E-state index in [4.69, 9.17) is 0 Å². The van der Waals surface area contributed by atoms with Crippen LogP contribution in [0.25, 0.3) is 0 Å². The van der Waals surface area contributed by atoms with Crippen molar-refractivity contribution in [3.05, 3.63) is 35.4 Å². The zero-order valence-electron chi connectivity index (χ0n) is 16.4. The van der Waals surface area contributed by atoms with E-state index in [9.17, 15) is 27.6 Å². The Morgan fingerprint density at radius 3 is 2.48 bits per heavy atom. The van der Waals surface area contributed by atoms with Gasteiger partial charge >= 0.3 is 6.18 Å². The fraction of sp³-hybridized carbons (Fsp3) is 0.550. The summed E-state index contributed by atoms with van der Waals surface area (Å²) in [5.74, 6) is -0.555. The third kappa shape index (κ3) is 4.23. The van der Waals surface area contributed by atoms with Gasteiger partial charge < -0.3 is 15.1 Å². The van der Waals surface area contributed by atoms with E-state index < -0.39 is 17.3 Å². The number of carbonyl (C=O) groups is 3. The van der Waals surface area contributed by atoms with E-state index in [2.05, 4.69) is 5.32 Å². The standard InChI is InChI=1S/C20H24F3N3O3/c1-13(27)24-11-18(29)25-10-9-19(2)16(25)7-8-17(28)26(19)12-14-3-5-15(6-4-14)20(21,22)23/h3-6,16H,7-12H2,1-2H3,(H,24,27)/t16-,19-/m0/s1. The molecule has 2 saturated heterocycles. The highest BCUT2D eigenvalue weighted by Gasteiger charge is 2.53. The van der Waals surface area contributed by atoms with Crippen molar-refractivity contribution < 1.29 is 27.6 Å². The molecule has 1 aromatic carbocycles. The van der Waals surface area contributed by atoms with Gasteiger partial charge in [0.15, 0.2) is 0 Å². The molecule has 0 unspecified atom stereocenters. The second-order valence-corrected chi connectivity index (χ2v) is 7.83. The first-order chi connectivity index (χ1) is 13.5. The zero-order valence-corrected chi connectivity index (χ0v) is 16.4. The van der Waals surface area contributed by atoms with Gasteiger partial charge in [0.2, 0.25) is 17.7 Å². The van der Waals surface area contributed by atoms with Crippen molar-refractivity contribution in [2.75, 3.05) is 13.1 Å². The molecule has 29 heavy (non-hydrogen) atoms. The highest BCUT2D eigenvalue weighted by Crippen LogP contribution is 2.41. The lowest BCUT2D eigenvalue weighted by molar-refractivity contribution is -0.148. The Morgan fingerprint density at radius 2 is 1.90 bits per heavy atom. The van der Waals surface area contributed by atoms with Crippen LogP contribution in [0.4, 0.5) is 13.2 Å². The first-order valence-electron chi connectivity index (χ1n) is 9.53. The predicted molar refractivity (Wildman–Crippen MR) is 98.4 cm³/mol. The maximum absolute atomic E-state index is 12.8. The predicted octanol–water partition coefficient (Wildman–Crippen LogP) is 2.32. The number of nitrogens with zero attached hydrogens (tertiary/aromatic N) is 2. The zero-order chi connectivity index (χ0) is 21.4. The monoisotopic (exact) mass is 411 g/mol. The molecule has 9 heteroatoms. The number of carbonyl (C=O) groups excluding carboxylic acids is 3. The van der Waals surface area contributed by atoms with Crippen LogP contribution in [0.3, 0.4) is 0 Å². The molecule has 158 valence electrons. The summed E-state index contributed by atoms with van der Waals surface area (Å²) in [7, 11) is 0. The summed E-state index contributed by atoms with van der Waals surface area (Å²) in [5.41, 5.74) is -0.716. The van der Waals surface area contributed by atoms with Gasteiger partial charge in [-0.3, -0.25) is 14.4 Å². The average Bonchev–Trinajstić information content (AvgIpc) is 2.99. The topological polar surface area (TPSA) is 69.7 Å². The molecule has 2 heterocycles. The molecular formula is C20H24F3N3O3. The number of nitrogens with one attached hydrogen (secondary N) is 1. The Kier molecular flexibility index (Phi) is 5.60. The van der Waals surface area contributed by atoms with Crippen molar-refractivity contribution in [3.8, 4) is 0 Å². The van der Waals surface area contributed by atoms with Crippen LogP contribution in [0.5, 0.6) is 0 Å². The quantitative estimate of drug-likeness (QED) is 0.827. The molecule has 0 aliphatic carbocycles. The number of rotatable bonds is 4. The molecule has 2 fully saturated rings. The van der Waals surface area contributed by atoms with Gasteiger partial charge in [-0.25, -0.2) is 0 Å². The summed E-state index contributed by atoms with van der Waals surface area (Å²) < 4.78 is 38.3. The summed E-state index contributed by atoms with van der Waals surface area (Å²) in [6.45, 7) is 3.83. The number of amides is 3. The van der Waals surface area contributed by atoms with Gasteiger partial charge in [-0.15, -0.1) is 0 Å². The molecule has 0 radical (unpaired) electrons. The largest absolute Gasteiger partial charge is 0.416 e. The van der Waals surface area contributed by atoms with Crippen molar-refractivity contribution in [2.24, 2.45) is 0 Å². The molecule has 1 N–H and O–H groups in total. The molecule has 2 atom stereocenters. The lowest BCUT2D eigenvalue weighted by Crippen LogP contribution is -2.61. The Labute approximate surface area is 167 Å². The second kappa shape index (κ2) is 7.68. The first-order valence-corrected chi connectivity index (χ1v) is 9.53. The average molecular weight is 411 g/mol. The van der Waals surface area contributed by atoms with E-state index in [-0.39, 0.29) is 43.3 Å². The highest BCUT2D eigenvalue weighted by atomic mass is 19.4. The number of alkyl halides is 3. The minimum absolute atomic E-state index is 0.0696. The molecule has 3 rings (SSSR count). The van der Waals surface area contributed by atoms with Crippen molar-refractivity contribution >= 4 is 17.7 Å². The Bertz CT molecular complexity index is 809. The van der Waals surface area contributed by atoms with Gasteiger partial charge in [-0.05, 0) is 37.5 Å². The Balaban J connectivity index is 1.76. The third-order valence-corrected chi connectivity index (χ3v) is 5.93. The Hall–Kier alpha value is -2.58. The van der Waals surface area contributed by atoms with Crippen LogP contribution in [-0.2, 0) is 27.1 Å². The number of fused-ring (bicyclic) bond motifs is 1. The number of hydrogen-bond acceptors (Lipinski definition) is 3. The molecular weight excluding hydrogens is 387 g/mol. The van der Waals surface area contributed by atoms with Crippen LogP contribution in [0.15, 0.2) is 24.3 Å². The van der Waals surface area contributed by atoms with Crippen LogP contribution < -0.4 is 5.32 Å². The van der Waals surface area contributed by atoms with Crippen LogP contribution in [0.2, 0.25) is 0 Å². The summed E-state index contributed by atoms with van der Waals surface area (Å²) >= 11 is 0. The molecule has 2 aliphatic rings. The molecule has 0 saturated carbocycles. The summed E-state index contributed by atoms with van der Waals surface area (Å²) in [5, 5.41) is 2.50. The molecule has 2 aliphatic heterocycles. The smallest absolute Gasteiger partial charge is 0.347 e. The fourth-order valence-corrected chi connectivity index (χ4v) is 4.32. The van der Waals surface area contributed by atoms with Crippen LogP contribution in [0, 0.1) is 0 Å². The minimum Gasteiger partial charge on any atom is -0.347 e. The van der Waals surface area contributed by atoms with Crippen molar-refractivity contribution in [3.63, 3.8) is 0 Å². The third-order valence-electron chi connectivity index (χ3n) is 5.93. The van der Waals surface area contributed by atoms with E-state index in [1.54, 1.807) is 9.80 Å². The lowest BCUT2D eigenvalue weighted by atomic mass is 9.83. The molecule has 1 aromatic rings. The number of benzene rings is 1. The van der Waals surface area contributed by atoms with Gasteiger partial charge in [0.1, 0.15) is 0 Å². The summed E-state index contributed by atoms with van der Waals surface area (Å²) in [6, 6.07) is 4.62. The lowest BCUT2D eigenvalue weighted by Gasteiger charge is -2.47. The van der Waals surface area contributed by atoms with Gasteiger partial charge in [0, 0.05) is 26.4 Å².